The van der Waals surface area contributed by atoms with Crippen molar-refractivity contribution in [2.24, 2.45) is 4.99 Å². The third-order valence-electron chi connectivity index (χ3n) is 5.93. The average molecular weight is 500 g/mol. The van der Waals surface area contributed by atoms with Crippen molar-refractivity contribution in [3.8, 4) is 0 Å². The number of hydrogen-bond donors (Lipinski definition) is 0. The molecule has 7 heteroatoms. The van der Waals surface area contributed by atoms with E-state index in [0.717, 1.165) is 28.6 Å². The lowest BCUT2D eigenvalue weighted by atomic mass is 10.1. The third kappa shape index (κ3) is 4.79. The highest BCUT2D eigenvalue weighted by Crippen LogP contribution is 2.50. The summed E-state index contributed by atoms with van der Waals surface area (Å²) < 4.78 is 0. The highest BCUT2D eigenvalue weighted by Gasteiger charge is 2.39. The zero-order chi connectivity index (χ0) is 24.4. The molecule has 3 aromatic carbocycles. The predicted molar refractivity (Wildman–Crippen MR) is 145 cm³/mol. The molecule has 5 rings (SSSR count). The number of aliphatic imine (C=N–C) groups is 1. The number of amides is 1. The van der Waals surface area contributed by atoms with Crippen LogP contribution in [0.1, 0.15) is 29.8 Å². The number of amidine groups is 1. The Morgan fingerprint density at radius 2 is 1.69 bits per heavy atom. The minimum atomic E-state index is -0.0267. The fourth-order valence-corrected chi connectivity index (χ4v) is 6.54. The van der Waals surface area contributed by atoms with Crippen molar-refractivity contribution in [2.45, 2.75) is 25.2 Å². The first-order valence-electron chi connectivity index (χ1n) is 11.6. The minimum absolute atomic E-state index is 0.00958. The molecule has 0 N–H and O–H groups in total. The van der Waals surface area contributed by atoms with Crippen LogP contribution >= 0.6 is 23.5 Å². The van der Waals surface area contributed by atoms with Gasteiger partial charge in [0.1, 0.15) is 9.93 Å². The number of hydrogen-bond acceptors (Lipinski definition) is 6. The van der Waals surface area contributed by atoms with Gasteiger partial charge in [0.25, 0.3) is 5.91 Å². The molecule has 176 valence electrons. The second kappa shape index (κ2) is 10.1. The summed E-state index contributed by atoms with van der Waals surface area (Å²) in [6.07, 6.45) is 0.729. The third-order valence-corrected chi connectivity index (χ3v) is 8.30. The van der Waals surface area contributed by atoms with Crippen LogP contribution in [0.25, 0.3) is 0 Å². The van der Waals surface area contributed by atoms with Crippen LogP contribution < -0.4 is 4.90 Å². The van der Waals surface area contributed by atoms with E-state index in [1.54, 1.807) is 35.7 Å². The summed E-state index contributed by atoms with van der Waals surface area (Å²) in [7, 11) is 0. The van der Waals surface area contributed by atoms with Gasteiger partial charge in [-0.05, 0) is 61.9 Å². The van der Waals surface area contributed by atoms with Gasteiger partial charge in [-0.2, -0.15) is 0 Å². The van der Waals surface area contributed by atoms with Gasteiger partial charge >= 0.3 is 0 Å². The number of carbonyl (C=O) groups excluding carboxylic acids is 2. The van der Waals surface area contributed by atoms with Gasteiger partial charge in [0.15, 0.2) is 11.0 Å². The van der Waals surface area contributed by atoms with Crippen LogP contribution in [0, 0.1) is 0 Å². The van der Waals surface area contributed by atoms with Crippen LogP contribution in [0.2, 0.25) is 0 Å². The van der Waals surface area contributed by atoms with Gasteiger partial charge in [0.05, 0.1) is 11.4 Å². The smallest absolute Gasteiger partial charge is 0.269 e. The molecule has 0 bridgehead atoms. The maximum Gasteiger partial charge on any atom is 0.269 e. The maximum atomic E-state index is 13.8. The monoisotopic (exact) mass is 499 g/mol. The molecule has 0 radical (unpaired) electrons. The van der Waals surface area contributed by atoms with Crippen LogP contribution in [0.3, 0.4) is 0 Å². The molecule has 1 saturated heterocycles. The molecule has 0 unspecified atom stereocenters. The molecule has 1 amide bonds. The van der Waals surface area contributed by atoms with Gasteiger partial charge in [-0.3, -0.25) is 14.5 Å². The van der Waals surface area contributed by atoms with E-state index in [2.05, 4.69) is 36.1 Å². The van der Waals surface area contributed by atoms with Crippen molar-refractivity contribution in [2.75, 3.05) is 18.0 Å². The van der Waals surface area contributed by atoms with E-state index in [0.29, 0.717) is 27.9 Å². The summed E-state index contributed by atoms with van der Waals surface area (Å²) in [4.78, 5) is 36.3. The standard InChI is InChI=1S/C28H25N3O2S2/c1-3-30-23-14-7-8-15-24(23)34-27(30)25-26(33)31(17-16-20-10-5-4-6-11-20)28(35-25)29-22-13-9-12-21(18-22)19(2)32/h4-15,18H,3,16-17H2,1-2H3/b27-25-,29-28?. The molecule has 35 heavy (non-hydrogen) atoms. The van der Waals surface area contributed by atoms with Gasteiger partial charge in [0, 0.05) is 23.5 Å². The van der Waals surface area contributed by atoms with Crippen LogP contribution in [-0.4, -0.2) is 34.8 Å². The SMILES string of the molecule is CCN1/C(=C2/SC(=Nc3cccc(C(C)=O)c3)N(CCc3ccccc3)C2=O)Sc2ccccc21. The lowest BCUT2D eigenvalue weighted by Crippen LogP contribution is -2.32. The zero-order valence-electron chi connectivity index (χ0n) is 19.6. The number of Topliss-reactive ketones (excluding diaryl/α,β-unsaturated/α-hetero) is 1. The van der Waals surface area contributed by atoms with Gasteiger partial charge in [-0.25, -0.2) is 4.99 Å². The summed E-state index contributed by atoms with van der Waals surface area (Å²) in [5.41, 5.74) is 3.57. The molecule has 0 saturated carbocycles. The summed E-state index contributed by atoms with van der Waals surface area (Å²) >= 11 is 3.06. The summed E-state index contributed by atoms with van der Waals surface area (Å²) in [6.45, 7) is 4.95. The predicted octanol–water partition coefficient (Wildman–Crippen LogP) is 6.50. The van der Waals surface area contributed by atoms with Crippen molar-refractivity contribution >= 4 is 51.8 Å². The zero-order valence-corrected chi connectivity index (χ0v) is 21.2. The lowest BCUT2D eigenvalue weighted by Gasteiger charge is -2.19. The van der Waals surface area contributed by atoms with Crippen LogP contribution in [-0.2, 0) is 11.2 Å². The Labute approximate surface area is 213 Å². The van der Waals surface area contributed by atoms with Crippen molar-refractivity contribution in [3.63, 3.8) is 0 Å². The number of nitrogens with zero attached hydrogens (tertiary/aromatic N) is 3. The topological polar surface area (TPSA) is 53.0 Å². The second-order valence-corrected chi connectivity index (χ2v) is 10.3. The van der Waals surface area contributed by atoms with Gasteiger partial charge in [0.2, 0.25) is 0 Å². The highest BCUT2D eigenvalue weighted by atomic mass is 32.2. The Hall–Kier alpha value is -3.29. The van der Waals surface area contributed by atoms with E-state index in [-0.39, 0.29) is 11.7 Å². The average Bonchev–Trinajstić information content (AvgIpc) is 3.40. The van der Waals surface area contributed by atoms with Crippen molar-refractivity contribution in [1.82, 2.24) is 4.90 Å². The Kier molecular flexibility index (Phi) is 6.79. The number of rotatable bonds is 6. The Morgan fingerprint density at radius 1 is 0.914 bits per heavy atom. The molecule has 1 fully saturated rings. The molecular formula is C28H25N3O2S2. The molecule has 2 aliphatic rings. The number of ketones is 1. The summed E-state index contributed by atoms with van der Waals surface area (Å²) in [5.74, 6) is -0.0363. The van der Waals surface area contributed by atoms with E-state index < -0.39 is 0 Å². The van der Waals surface area contributed by atoms with Crippen molar-refractivity contribution in [1.29, 1.82) is 0 Å². The quantitative estimate of drug-likeness (QED) is 0.286. The highest BCUT2D eigenvalue weighted by molar-refractivity contribution is 8.19. The van der Waals surface area contributed by atoms with E-state index in [1.807, 2.05) is 42.5 Å². The molecule has 0 atom stereocenters. The van der Waals surface area contributed by atoms with Gasteiger partial charge in [-0.15, -0.1) is 0 Å². The molecule has 2 heterocycles. The normalized spacial score (nSPS) is 18.5. The first-order chi connectivity index (χ1) is 17.0. The Balaban J connectivity index is 1.53. The molecule has 0 aliphatic carbocycles. The number of carbonyl (C=O) groups is 2. The number of fused-ring (bicyclic) bond motifs is 1. The maximum absolute atomic E-state index is 13.8. The minimum Gasteiger partial charge on any atom is -0.334 e. The Bertz CT molecular complexity index is 1350. The first kappa shape index (κ1) is 23.5. The number of thioether (sulfide) groups is 2. The number of anilines is 1. The van der Waals surface area contributed by atoms with E-state index in [9.17, 15) is 9.59 Å². The lowest BCUT2D eigenvalue weighted by molar-refractivity contribution is -0.122. The molecule has 5 nitrogen and oxygen atoms in total. The van der Waals surface area contributed by atoms with E-state index in [1.165, 1.54) is 17.3 Å². The second-order valence-electron chi connectivity index (χ2n) is 8.24. The van der Waals surface area contributed by atoms with Crippen LogP contribution in [0.4, 0.5) is 11.4 Å². The van der Waals surface area contributed by atoms with Crippen LogP contribution in [0.5, 0.6) is 0 Å². The Morgan fingerprint density at radius 3 is 2.46 bits per heavy atom. The first-order valence-corrected chi connectivity index (χ1v) is 13.2. The molecular weight excluding hydrogens is 474 g/mol. The summed E-state index contributed by atoms with van der Waals surface area (Å²) in [5, 5.41) is 1.60. The summed E-state index contributed by atoms with van der Waals surface area (Å²) in [6, 6.07) is 25.7. The number of para-hydroxylation sites is 1. The van der Waals surface area contributed by atoms with Crippen molar-refractivity contribution in [3.05, 3.63) is 99.9 Å². The van der Waals surface area contributed by atoms with E-state index in [4.69, 9.17) is 4.99 Å². The molecule has 0 aromatic heterocycles. The molecule has 0 spiro atoms. The fraction of sp³-hybridized carbons (Fsp3) is 0.179. The van der Waals surface area contributed by atoms with Gasteiger partial charge < -0.3 is 4.90 Å². The largest absolute Gasteiger partial charge is 0.334 e. The van der Waals surface area contributed by atoms with Crippen LogP contribution in [0.15, 0.2) is 98.7 Å². The van der Waals surface area contributed by atoms with E-state index >= 15 is 0 Å². The molecule has 3 aromatic rings. The number of benzene rings is 3. The fourth-order valence-electron chi connectivity index (χ4n) is 4.12. The molecule has 2 aliphatic heterocycles. The van der Waals surface area contributed by atoms with Gasteiger partial charge in [-0.1, -0.05) is 66.4 Å². The van der Waals surface area contributed by atoms with Crippen molar-refractivity contribution < 1.29 is 9.59 Å².